The minimum absolute atomic E-state index is 0.369. The van der Waals surface area contributed by atoms with Crippen molar-refractivity contribution in [3.63, 3.8) is 0 Å². The van der Waals surface area contributed by atoms with Crippen molar-refractivity contribution in [1.82, 2.24) is 0 Å². The number of phenols is 1. The van der Waals surface area contributed by atoms with Gasteiger partial charge in [-0.1, -0.05) is 12.1 Å². The lowest BCUT2D eigenvalue weighted by molar-refractivity contribution is 0.481. The lowest BCUT2D eigenvalue weighted by Crippen LogP contribution is -1.85. The number of aryl methyl sites for hydroxylation is 3. The average Bonchev–Trinajstić information content (AvgIpc) is 2.15. The summed E-state index contributed by atoms with van der Waals surface area (Å²) in [7, 11) is 0. The van der Waals surface area contributed by atoms with Gasteiger partial charge in [-0.3, -0.25) is 0 Å². The number of hydrogen-bond acceptors (Lipinski definition) is 1. The number of phenolic OH excluding ortho intramolecular Hbond substituents is 1. The second-order valence-electron chi connectivity index (χ2n) is 3.88. The van der Waals surface area contributed by atoms with E-state index < -0.39 is 0 Å². The van der Waals surface area contributed by atoms with Gasteiger partial charge in [0.05, 0.1) is 0 Å². The standard InChI is InChI=1S/C13H14O/c1-8-4-5-13(14)12-7-10(3)9(2)6-11(8)12/h4-7,14H,1-3H3. The van der Waals surface area contributed by atoms with Crippen molar-refractivity contribution in [1.29, 1.82) is 0 Å². The second-order valence-corrected chi connectivity index (χ2v) is 3.88. The van der Waals surface area contributed by atoms with Crippen LogP contribution in [0.1, 0.15) is 16.7 Å². The molecule has 0 aliphatic carbocycles. The zero-order valence-corrected chi connectivity index (χ0v) is 8.76. The molecule has 0 heterocycles. The Hall–Kier alpha value is -1.50. The Bertz CT molecular complexity index is 452. The van der Waals surface area contributed by atoms with E-state index in [0.29, 0.717) is 5.75 Å². The predicted octanol–water partition coefficient (Wildman–Crippen LogP) is 3.47. The maximum Gasteiger partial charge on any atom is 0.123 e. The highest BCUT2D eigenvalue weighted by molar-refractivity contribution is 5.91. The molecule has 1 nitrogen and oxygen atoms in total. The third kappa shape index (κ3) is 1.25. The van der Waals surface area contributed by atoms with E-state index in [1.807, 2.05) is 12.1 Å². The number of rotatable bonds is 0. The molecule has 0 saturated carbocycles. The van der Waals surface area contributed by atoms with Gasteiger partial charge in [0.25, 0.3) is 0 Å². The normalized spacial score (nSPS) is 10.8. The van der Waals surface area contributed by atoms with E-state index in [9.17, 15) is 5.11 Å². The number of benzene rings is 2. The molecule has 0 spiro atoms. The average molecular weight is 186 g/mol. The molecule has 0 radical (unpaired) electrons. The van der Waals surface area contributed by atoms with Gasteiger partial charge in [0.2, 0.25) is 0 Å². The summed E-state index contributed by atoms with van der Waals surface area (Å²) in [6, 6.07) is 7.89. The Morgan fingerprint density at radius 2 is 1.36 bits per heavy atom. The van der Waals surface area contributed by atoms with Crippen LogP contribution in [0.15, 0.2) is 24.3 Å². The van der Waals surface area contributed by atoms with Crippen LogP contribution in [0.25, 0.3) is 10.8 Å². The summed E-state index contributed by atoms with van der Waals surface area (Å²) in [5.74, 6) is 0.369. The van der Waals surface area contributed by atoms with Crippen LogP contribution in [-0.2, 0) is 0 Å². The van der Waals surface area contributed by atoms with Crippen molar-refractivity contribution in [3.8, 4) is 5.75 Å². The summed E-state index contributed by atoms with van der Waals surface area (Å²) < 4.78 is 0. The molecule has 2 aromatic carbocycles. The fourth-order valence-corrected chi connectivity index (χ4v) is 1.74. The summed E-state index contributed by atoms with van der Waals surface area (Å²) in [6.07, 6.45) is 0. The van der Waals surface area contributed by atoms with Gasteiger partial charge < -0.3 is 5.11 Å². The minimum Gasteiger partial charge on any atom is -0.507 e. The first-order chi connectivity index (χ1) is 6.59. The van der Waals surface area contributed by atoms with Gasteiger partial charge in [0, 0.05) is 5.39 Å². The van der Waals surface area contributed by atoms with Gasteiger partial charge in [0.15, 0.2) is 0 Å². The van der Waals surface area contributed by atoms with E-state index in [1.165, 1.54) is 16.7 Å². The molecular weight excluding hydrogens is 172 g/mol. The maximum absolute atomic E-state index is 9.71. The monoisotopic (exact) mass is 186 g/mol. The van der Waals surface area contributed by atoms with Crippen LogP contribution in [0, 0.1) is 20.8 Å². The number of aromatic hydroxyl groups is 1. The van der Waals surface area contributed by atoms with Gasteiger partial charge in [-0.2, -0.15) is 0 Å². The highest BCUT2D eigenvalue weighted by atomic mass is 16.3. The topological polar surface area (TPSA) is 20.2 Å². The van der Waals surface area contributed by atoms with Crippen LogP contribution in [0.2, 0.25) is 0 Å². The molecule has 0 unspecified atom stereocenters. The third-order valence-electron chi connectivity index (χ3n) is 2.83. The number of hydrogen-bond donors (Lipinski definition) is 1. The molecule has 0 atom stereocenters. The van der Waals surface area contributed by atoms with E-state index in [0.717, 1.165) is 10.8 Å². The lowest BCUT2D eigenvalue weighted by atomic mass is 9.99. The first kappa shape index (κ1) is 9.07. The van der Waals surface area contributed by atoms with Crippen LogP contribution in [0.3, 0.4) is 0 Å². The molecular formula is C13H14O. The van der Waals surface area contributed by atoms with E-state index in [2.05, 4.69) is 26.8 Å². The largest absolute Gasteiger partial charge is 0.507 e. The first-order valence-electron chi connectivity index (χ1n) is 4.79. The van der Waals surface area contributed by atoms with Gasteiger partial charge in [-0.25, -0.2) is 0 Å². The molecule has 1 N–H and O–H groups in total. The Kier molecular flexibility index (Phi) is 1.95. The van der Waals surface area contributed by atoms with E-state index >= 15 is 0 Å². The van der Waals surface area contributed by atoms with Crippen molar-refractivity contribution >= 4 is 10.8 Å². The van der Waals surface area contributed by atoms with Crippen LogP contribution >= 0.6 is 0 Å². The Morgan fingerprint density at radius 1 is 0.786 bits per heavy atom. The summed E-state index contributed by atoms with van der Waals surface area (Å²) in [6.45, 7) is 6.23. The Morgan fingerprint density at radius 3 is 2.00 bits per heavy atom. The van der Waals surface area contributed by atoms with Gasteiger partial charge >= 0.3 is 0 Å². The maximum atomic E-state index is 9.71. The highest BCUT2D eigenvalue weighted by Crippen LogP contribution is 2.29. The molecule has 0 aromatic heterocycles. The summed E-state index contributed by atoms with van der Waals surface area (Å²) >= 11 is 0. The van der Waals surface area contributed by atoms with Gasteiger partial charge in [-0.15, -0.1) is 0 Å². The fraction of sp³-hybridized carbons (Fsp3) is 0.231. The molecule has 0 fully saturated rings. The second kappa shape index (κ2) is 3.02. The van der Waals surface area contributed by atoms with Crippen molar-refractivity contribution < 1.29 is 5.11 Å². The summed E-state index contributed by atoms with van der Waals surface area (Å²) in [5, 5.41) is 11.8. The quantitative estimate of drug-likeness (QED) is 0.668. The molecule has 0 aliphatic heterocycles. The van der Waals surface area contributed by atoms with Crippen LogP contribution in [0.4, 0.5) is 0 Å². The predicted molar refractivity (Wildman–Crippen MR) is 59.8 cm³/mol. The summed E-state index contributed by atoms with van der Waals surface area (Å²) in [4.78, 5) is 0. The van der Waals surface area contributed by atoms with E-state index in [-0.39, 0.29) is 0 Å². The zero-order chi connectivity index (χ0) is 10.3. The molecule has 0 bridgehead atoms. The molecule has 0 amide bonds. The SMILES string of the molecule is Cc1cc2c(C)ccc(O)c2cc1C. The molecule has 2 aromatic rings. The van der Waals surface area contributed by atoms with Gasteiger partial charge in [-0.05, 0) is 55.0 Å². The van der Waals surface area contributed by atoms with Crippen LogP contribution in [0.5, 0.6) is 5.75 Å². The van der Waals surface area contributed by atoms with Crippen molar-refractivity contribution in [3.05, 3.63) is 41.0 Å². The molecule has 72 valence electrons. The molecule has 2 rings (SSSR count). The van der Waals surface area contributed by atoms with E-state index in [4.69, 9.17) is 0 Å². The van der Waals surface area contributed by atoms with Crippen molar-refractivity contribution in [2.45, 2.75) is 20.8 Å². The Labute approximate surface area is 84.0 Å². The highest BCUT2D eigenvalue weighted by Gasteiger charge is 2.04. The molecule has 1 heteroatoms. The smallest absolute Gasteiger partial charge is 0.123 e. The van der Waals surface area contributed by atoms with Crippen LogP contribution in [-0.4, -0.2) is 5.11 Å². The third-order valence-corrected chi connectivity index (χ3v) is 2.83. The summed E-state index contributed by atoms with van der Waals surface area (Å²) in [5.41, 5.74) is 3.70. The van der Waals surface area contributed by atoms with Crippen molar-refractivity contribution in [2.75, 3.05) is 0 Å². The van der Waals surface area contributed by atoms with E-state index in [1.54, 1.807) is 6.07 Å². The lowest BCUT2D eigenvalue weighted by Gasteiger charge is -2.08. The van der Waals surface area contributed by atoms with Crippen LogP contribution < -0.4 is 0 Å². The molecule has 14 heavy (non-hydrogen) atoms. The van der Waals surface area contributed by atoms with Gasteiger partial charge in [0.1, 0.15) is 5.75 Å². The Balaban J connectivity index is 2.94. The first-order valence-corrected chi connectivity index (χ1v) is 4.79. The molecule has 0 saturated heterocycles. The molecule has 0 aliphatic rings. The fourth-order valence-electron chi connectivity index (χ4n) is 1.74. The minimum atomic E-state index is 0.369. The number of fused-ring (bicyclic) bond motifs is 1. The van der Waals surface area contributed by atoms with Crippen molar-refractivity contribution in [2.24, 2.45) is 0 Å². The zero-order valence-electron chi connectivity index (χ0n) is 8.76.